The Morgan fingerprint density at radius 1 is 1.29 bits per heavy atom. The largest absolute Gasteiger partial charge is 0.327 e. The van der Waals surface area contributed by atoms with Crippen LogP contribution in [0.1, 0.15) is 26.7 Å². The maximum Gasteiger partial charge on any atom is 0.0272 e. The van der Waals surface area contributed by atoms with E-state index in [2.05, 4.69) is 54.0 Å². The highest BCUT2D eigenvalue weighted by atomic mass is 79.9. The molecule has 1 nitrogen and oxygen atoms in total. The Morgan fingerprint density at radius 3 is 2.71 bits per heavy atom. The summed E-state index contributed by atoms with van der Waals surface area (Å²) in [5.41, 5.74) is 6.31. The van der Waals surface area contributed by atoms with Crippen LogP contribution < -0.4 is 5.73 Å². The fraction of sp³-hybridized carbons (Fsp3) is 0.571. The molecule has 4 unspecified atom stereocenters. The van der Waals surface area contributed by atoms with Crippen LogP contribution in [0.4, 0.5) is 0 Å². The molecular formula is C14H20BrNS. The number of rotatable bonds is 2. The zero-order valence-electron chi connectivity index (χ0n) is 10.4. The van der Waals surface area contributed by atoms with Crippen LogP contribution in [0, 0.1) is 11.8 Å². The van der Waals surface area contributed by atoms with Gasteiger partial charge < -0.3 is 5.73 Å². The minimum Gasteiger partial charge on any atom is -0.327 e. The van der Waals surface area contributed by atoms with E-state index in [-0.39, 0.29) is 0 Å². The van der Waals surface area contributed by atoms with E-state index in [0.29, 0.717) is 17.2 Å². The molecule has 1 fully saturated rings. The first-order valence-electron chi connectivity index (χ1n) is 6.24. The van der Waals surface area contributed by atoms with Gasteiger partial charge in [-0.15, -0.1) is 11.8 Å². The molecule has 94 valence electrons. The van der Waals surface area contributed by atoms with Crippen LogP contribution in [0.3, 0.4) is 0 Å². The molecule has 1 aromatic rings. The molecule has 17 heavy (non-hydrogen) atoms. The molecule has 0 aromatic heterocycles. The molecule has 0 heterocycles. The van der Waals surface area contributed by atoms with Crippen molar-refractivity contribution in [3.63, 3.8) is 0 Å². The third-order valence-electron chi connectivity index (χ3n) is 3.50. The van der Waals surface area contributed by atoms with E-state index in [1.807, 2.05) is 11.8 Å². The Labute approximate surface area is 117 Å². The summed E-state index contributed by atoms with van der Waals surface area (Å²) in [5, 5.41) is 0.556. The molecule has 0 amide bonds. The monoisotopic (exact) mass is 313 g/mol. The third-order valence-corrected chi connectivity index (χ3v) is 5.61. The van der Waals surface area contributed by atoms with E-state index in [9.17, 15) is 0 Å². The zero-order chi connectivity index (χ0) is 12.4. The Hall–Kier alpha value is 0.01000. The van der Waals surface area contributed by atoms with Gasteiger partial charge in [-0.3, -0.25) is 0 Å². The minimum absolute atomic E-state index is 0.331. The van der Waals surface area contributed by atoms with Crippen molar-refractivity contribution in [3.8, 4) is 0 Å². The fourth-order valence-electron chi connectivity index (χ4n) is 2.79. The lowest BCUT2D eigenvalue weighted by Gasteiger charge is -2.37. The number of thioether (sulfide) groups is 1. The van der Waals surface area contributed by atoms with Crippen molar-refractivity contribution in [3.05, 3.63) is 28.7 Å². The number of halogens is 1. The minimum atomic E-state index is 0.331. The zero-order valence-corrected chi connectivity index (χ0v) is 12.8. The standard InChI is InChI=1S/C14H20BrNS/c1-9-6-10(2)14(13(16)7-9)17-12-5-3-4-11(15)8-12/h3-5,8-10,13-14H,6-7,16H2,1-2H3. The fourth-order valence-corrected chi connectivity index (χ4v) is 4.63. The quantitative estimate of drug-likeness (QED) is 0.880. The first-order valence-corrected chi connectivity index (χ1v) is 7.91. The van der Waals surface area contributed by atoms with Crippen LogP contribution in [0.15, 0.2) is 33.6 Å². The van der Waals surface area contributed by atoms with Gasteiger partial charge in [0.05, 0.1) is 0 Å². The maximum atomic E-state index is 6.31. The van der Waals surface area contributed by atoms with Gasteiger partial charge >= 0.3 is 0 Å². The number of benzene rings is 1. The van der Waals surface area contributed by atoms with Gasteiger partial charge in [-0.25, -0.2) is 0 Å². The molecule has 3 heteroatoms. The molecule has 0 saturated heterocycles. The van der Waals surface area contributed by atoms with Gasteiger partial charge in [0.2, 0.25) is 0 Å². The van der Waals surface area contributed by atoms with E-state index >= 15 is 0 Å². The van der Waals surface area contributed by atoms with Gasteiger partial charge in [0.1, 0.15) is 0 Å². The summed E-state index contributed by atoms with van der Waals surface area (Å²) in [6.45, 7) is 4.65. The Bertz CT molecular complexity index is 370. The van der Waals surface area contributed by atoms with Crippen LogP contribution in [-0.4, -0.2) is 11.3 Å². The third kappa shape index (κ3) is 3.49. The molecule has 0 radical (unpaired) electrons. The topological polar surface area (TPSA) is 26.0 Å². The first-order chi connectivity index (χ1) is 8.06. The average Bonchev–Trinajstić information content (AvgIpc) is 2.23. The van der Waals surface area contributed by atoms with Gasteiger partial charge in [0.15, 0.2) is 0 Å². The van der Waals surface area contributed by atoms with Crippen LogP contribution in [0.5, 0.6) is 0 Å². The van der Waals surface area contributed by atoms with Gasteiger partial charge in [0, 0.05) is 20.7 Å². The van der Waals surface area contributed by atoms with Gasteiger partial charge in [-0.1, -0.05) is 35.8 Å². The second-order valence-corrected chi connectivity index (χ2v) is 7.42. The second-order valence-electron chi connectivity index (χ2n) is 5.26. The SMILES string of the molecule is CC1CC(C)C(Sc2cccc(Br)c2)C(N)C1. The van der Waals surface area contributed by atoms with Crippen molar-refractivity contribution in [2.75, 3.05) is 0 Å². The normalized spacial score (nSPS) is 33.6. The molecule has 2 N–H and O–H groups in total. The predicted octanol–water partition coefficient (Wildman–Crippen LogP) is 4.30. The molecule has 1 aromatic carbocycles. The summed E-state index contributed by atoms with van der Waals surface area (Å²) < 4.78 is 1.15. The van der Waals surface area contributed by atoms with Crippen molar-refractivity contribution >= 4 is 27.7 Å². The van der Waals surface area contributed by atoms with Crippen LogP contribution in [0.25, 0.3) is 0 Å². The highest BCUT2D eigenvalue weighted by Crippen LogP contribution is 2.39. The molecular weight excluding hydrogens is 294 g/mol. The second kappa shape index (κ2) is 5.77. The number of hydrogen-bond acceptors (Lipinski definition) is 2. The van der Waals surface area contributed by atoms with E-state index in [1.165, 1.54) is 11.3 Å². The smallest absolute Gasteiger partial charge is 0.0272 e. The Balaban J connectivity index is 2.07. The summed E-state index contributed by atoms with van der Waals surface area (Å²) >= 11 is 5.46. The molecule has 1 saturated carbocycles. The van der Waals surface area contributed by atoms with Gasteiger partial charge in [0.25, 0.3) is 0 Å². The molecule has 2 rings (SSSR count). The lowest BCUT2D eigenvalue weighted by atomic mass is 9.80. The van der Waals surface area contributed by atoms with E-state index in [0.717, 1.165) is 16.8 Å². The lowest BCUT2D eigenvalue weighted by molar-refractivity contribution is 0.279. The van der Waals surface area contributed by atoms with Crippen LogP contribution in [-0.2, 0) is 0 Å². The molecule has 1 aliphatic carbocycles. The summed E-state index contributed by atoms with van der Waals surface area (Å²) in [4.78, 5) is 1.32. The highest BCUT2D eigenvalue weighted by Gasteiger charge is 2.32. The van der Waals surface area contributed by atoms with Crippen molar-refractivity contribution < 1.29 is 0 Å². The number of hydrogen-bond donors (Lipinski definition) is 1. The molecule has 4 atom stereocenters. The lowest BCUT2D eigenvalue weighted by Crippen LogP contribution is -2.42. The molecule has 0 spiro atoms. The van der Waals surface area contributed by atoms with Crippen molar-refractivity contribution in [1.82, 2.24) is 0 Å². The molecule has 0 bridgehead atoms. The summed E-state index contributed by atoms with van der Waals surface area (Å²) in [5.74, 6) is 1.48. The van der Waals surface area contributed by atoms with Crippen molar-refractivity contribution in [1.29, 1.82) is 0 Å². The van der Waals surface area contributed by atoms with E-state index < -0.39 is 0 Å². The Kier molecular flexibility index (Phi) is 4.56. The van der Waals surface area contributed by atoms with Gasteiger partial charge in [-0.2, -0.15) is 0 Å². The summed E-state index contributed by atoms with van der Waals surface area (Å²) in [6, 6.07) is 8.84. The Morgan fingerprint density at radius 2 is 2.06 bits per heavy atom. The molecule has 0 aliphatic heterocycles. The first kappa shape index (κ1) is 13.4. The maximum absolute atomic E-state index is 6.31. The van der Waals surface area contributed by atoms with E-state index in [1.54, 1.807) is 0 Å². The van der Waals surface area contributed by atoms with Crippen LogP contribution >= 0.6 is 27.7 Å². The van der Waals surface area contributed by atoms with Crippen molar-refractivity contribution in [2.24, 2.45) is 17.6 Å². The summed E-state index contributed by atoms with van der Waals surface area (Å²) in [6.07, 6.45) is 2.47. The average molecular weight is 314 g/mol. The summed E-state index contributed by atoms with van der Waals surface area (Å²) in [7, 11) is 0. The van der Waals surface area contributed by atoms with Gasteiger partial charge in [-0.05, 0) is 42.9 Å². The highest BCUT2D eigenvalue weighted by molar-refractivity contribution is 9.10. The van der Waals surface area contributed by atoms with E-state index in [4.69, 9.17) is 5.73 Å². The molecule has 1 aliphatic rings. The predicted molar refractivity (Wildman–Crippen MR) is 79.3 cm³/mol. The number of nitrogens with two attached hydrogens (primary N) is 1. The van der Waals surface area contributed by atoms with Crippen molar-refractivity contribution in [2.45, 2.75) is 42.9 Å². The van der Waals surface area contributed by atoms with Crippen LogP contribution in [0.2, 0.25) is 0 Å².